The Hall–Kier alpha value is -1.71. The molecule has 2 rings (SSSR count). The van der Waals surface area contributed by atoms with E-state index in [0.29, 0.717) is 6.04 Å². The van der Waals surface area contributed by atoms with Crippen LogP contribution < -0.4 is 15.8 Å². The van der Waals surface area contributed by atoms with Gasteiger partial charge in [0.2, 0.25) is 0 Å². The summed E-state index contributed by atoms with van der Waals surface area (Å²) >= 11 is 0. The van der Waals surface area contributed by atoms with Gasteiger partial charge in [0.15, 0.2) is 6.10 Å². The SMILES string of the molecule is Cc1cc(OC(C)C(=O)NC2CC2)c(C)cc1N. The molecule has 0 aromatic heterocycles. The molecule has 98 valence electrons. The Morgan fingerprint density at radius 1 is 1.39 bits per heavy atom. The summed E-state index contributed by atoms with van der Waals surface area (Å²) < 4.78 is 5.70. The molecule has 1 saturated carbocycles. The minimum Gasteiger partial charge on any atom is -0.481 e. The normalized spacial score (nSPS) is 16.2. The topological polar surface area (TPSA) is 64.3 Å². The molecule has 1 aliphatic carbocycles. The lowest BCUT2D eigenvalue weighted by molar-refractivity contribution is -0.127. The van der Waals surface area contributed by atoms with Crippen LogP contribution >= 0.6 is 0 Å². The summed E-state index contributed by atoms with van der Waals surface area (Å²) in [7, 11) is 0. The molecule has 0 heterocycles. The third kappa shape index (κ3) is 2.94. The summed E-state index contributed by atoms with van der Waals surface area (Å²) in [6.07, 6.45) is 1.68. The molecule has 3 N–H and O–H groups in total. The summed E-state index contributed by atoms with van der Waals surface area (Å²) in [6.45, 7) is 5.62. The summed E-state index contributed by atoms with van der Waals surface area (Å²) in [6, 6.07) is 4.11. The fourth-order valence-corrected chi connectivity index (χ4v) is 1.73. The number of carbonyl (C=O) groups excluding carboxylic acids is 1. The average Bonchev–Trinajstić information content (AvgIpc) is 3.09. The standard InChI is InChI=1S/C14H20N2O2/c1-8-7-13(9(2)6-12(8)15)18-10(3)14(17)16-11-4-5-11/h6-7,10-11H,4-5,15H2,1-3H3,(H,16,17). The summed E-state index contributed by atoms with van der Waals surface area (Å²) in [5, 5.41) is 2.93. The van der Waals surface area contributed by atoms with Gasteiger partial charge in [0.1, 0.15) is 5.75 Å². The second kappa shape index (κ2) is 4.88. The fraction of sp³-hybridized carbons (Fsp3) is 0.500. The molecule has 1 amide bonds. The number of rotatable bonds is 4. The smallest absolute Gasteiger partial charge is 0.260 e. The molecule has 1 aromatic carbocycles. The van der Waals surface area contributed by atoms with E-state index in [-0.39, 0.29) is 5.91 Å². The maximum atomic E-state index is 11.8. The average molecular weight is 248 g/mol. The van der Waals surface area contributed by atoms with Gasteiger partial charge < -0.3 is 15.8 Å². The maximum absolute atomic E-state index is 11.8. The van der Waals surface area contributed by atoms with Crippen molar-refractivity contribution in [3.63, 3.8) is 0 Å². The molecule has 4 nitrogen and oxygen atoms in total. The largest absolute Gasteiger partial charge is 0.481 e. The molecule has 1 unspecified atom stereocenters. The highest BCUT2D eigenvalue weighted by Gasteiger charge is 2.26. The molecule has 1 aromatic rings. The molecule has 0 radical (unpaired) electrons. The van der Waals surface area contributed by atoms with Gasteiger partial charge in [0.25, 0.3) is 5.91 Å². The van der Waals surface area contributed by atoms with Gasteiger partial charge in [-0.2, -0.15) is 0 Å². The van der Waals surface area contributed by atoms with Crippen molar-refractivity contribution in [3.8, 4) is 5.75 Å². The van der Waals surface area contributed by atoms with Crippen LogP contribution in [0.2, 0.25) is 0 Å². The number of ether oxygens (including phenoxy) is 1. The lowest BCUT2D eigenvalue weighted by Gasteiger charge is -2.17. The van der Waals surface area contributed by atoms with Crippen LogP contribution in [0.1, 0.15) is 30.9 Å². The quantitative estimate of drug-likeness (QED) is 0.800. The van der Waals surface area contributed by atoms with Crippen molar-refractivity contribution in [2.75, 3.05) is 5.73 Å². The van der Waals surface area contributed by atoms with Crippen LogP contribution in [-0.2, 0) is 4.79 Å². The van der Waals surface area contributed by atoms with Gasteiger partial charge >= 0.3 is 0 Å². The van der Waals surface area contributed by atoms with Gasteiger partial charge in [0, 0.05) is 11.7 Å². The van der Waals surface area contributed by atoms with Crippen molar-refractivity contribution in [1.29, 1.82) is 0 Å². The number of hydrogen-bond donors (Lipinski definition) is 2. The number of carbonyl (C=O) groups is 1. The van der Waals surface area contributed by atoms with Crippen LogP contribution in [0.3, 0.4) is 0 Å². The highest BCUT2D eigenvalue weighted by molar-refractivity contribution is 5.81. The first-order chi connectivity index (χ1) is 8.47. The third-order valence-corrected chi connectivity index (χ3v) is 3.16. The van der Waals surface area contributed by atoms with Crippen molar-refractivity contribution >= 4 is 11.6 Å². The van der Waals surface area contributed by atoms with E-state index >= 15 is 0 Å². The van der Waals surface area contributed by atoms with Gasteiger partial charge in [-0.25, -0.2) is 0 Å². The van der Waals surface area contributed by atoms with Crippen LogP contribution in [0, 0.1) is 13.8 Å². The van der Waals surface area contributed by atoms with E-state index in [9.17, 15) is 4.79 Å². The van der Waals surface area contributed by atoms with Gasteiger partial charge in [-0.05, 0) is 56.9 Å². The van der Waals surface area contributed by atoms with Gasteiger partial charge in [-0.15, -0.1) is 0 Å². The Balaban J connectivity index is 2.03. The molecule has 18 heavy (non-hydrogen) atoms. The van der Waals surface area contributed by atoms with Gasteiger partial charge in [-0.1, -0.05) is 0 Å². The zero-order chi connectivity index (χ0) is 13.3. The van der Waals surface area contributed by atoms with Gasteiger partial charge in [-0.3, -0.25) is 4.79 Å². The second-order valence-corrected chi connectivity index (χ2v) is 5.02. The number of anilines is 1. The number of nitrogens with one attached hydrogen (secondary N) is 1. The van der Waals surface area contributed by atoms with E-state index in [2.05, 4.69) is 5.32 Å². The Bertz CT molecular complexity index is 467. The minimum atomic E-state index is -0.479. The highest BCUT2D eigenvalue weighted by Crippen LogP contribution is 2.25. The number of aryl methyl sites for hydroxylation is 2. The third-order valence-electron chi connectivity index (χ3n) is 3.16. The first-order valence-corrected chi connectivity index (χ1v) is 6.31. The molecular weight excluding hydrogens is 228 g/mol. The molecule has 0 bridgehead atoms. The van der Waals surface area contributed by atoms with Crippen LogP contribution in [-0.4, -0.2) is 18.1 Å². The van der Waals surface area contributed by atoms with Gasteiger partial charge in [0.05, 0.1) is 0 Å². The van der Waals surface area contributed by atoms with E-state index in [0.717, 1.165) is 35.4 Å². The first kappa shape index (κ1) is 12.7. The van der Waals surface area contributed by atoms with Crippen LogP contribution in [0.5, 0.6) is 5.75 Å². The molecule has 1 aliphatic rings. The Morgan fingerprint density at radius 3 is 2.67 bits per heavy atom. The van der Waals surface area contributed by atoms with Crippen molar-refractivity contribution in [2.45, 2.75) is 45.8 Å². The minimum absolute atomic E-state index is 0.0496. The number of benzene rings is 1. The summed E-state index contributed by atoms with van der Waals surface area (Å²) in [5.41, 5.74) is 8.48. The lowest BCUT2D eigenvalue weighted by atomic mass is 10.1. The number of hydrogen-bond acceptors (Lipinski definition) is 3. The van der Waals surface area contributed by atoms with Crippen LogP contribution in [0.25, 0.3) is 0 Å². The van der Waals surface area contributed by atoms with Crippen molar-refractivity contribution in [1.82, 2.24) is 5.32 Å². The molecule has 4 heteroatoms. The number of nitrogen functional groups attached to an aromatic ring is 1. The molecular formula is C14H20N2O2. The monoisotopic (exact) mass is 248 g/mol. The van der Waals surface area contributed by atoms with E-state index in [1.165, 1.54) is 0 Å². The molecule has 1 fully saturated rings. The van der Waals surface area contributed by atoms with E-state index in [1.54, 1.807) is 6.92 Å². The molecule has 0 saturated heterocycles. The molecule has 0 spiro atoms. The van der Waals surface area contributed by atoms with Crippen molar-refractivity contribution < 1.29 is 9.53 Å². The van der Waals surface area contributed by atoms with Crippen LogP contribution in [0.4, 0.5) is 5.69 Å². The van der Waals surface area contributed by atoms with Crippen molar-refractivity contribution in [2.24, 2.45) is 0 Å². The summed E-state index contributed by atoms with van der Waals surface area (Å²) in [4.78, 5) is 11.8. The number of amides is 1. The van der Waals surface area contributed by atoms with E-state index in [1.807, 2.05) is 26.0 Å². The molecule has 0 aliphatic heterocycles. The lowest BCUT2D eigenvalue weighted by Crippen LogP contribution is -2.37. The summed E-state index contributed by atoms with van der Waals surface area (Å²) in [5.74, 6) is 0.673. The fourth-order valence-electron chi connectivity index (χ4n) is 1.73. The maximum Gasteiger partial charge on any atom is 0.260 e. The number of nitrogens with two attached hydrogens (primary N) is 1. The zero-order valence-electron chi connectivity index (χ0n) is 11.1. The highest BCUT2D eigenvalue weighted by atomic mass is 16.5. The Labute approximate surface area is 108 Å². The predicted molar refractivity (Wildman–Crippen MR) is 71.6 cm³/mol. The van der Waals surface area contributed by atoms with Crippen molar-refractivity contribution in [3.05, 3.63) is 23.3 Å². The zero-order valence-corrected chi connectivity index (χ0v) is 11.1. The predicted octanol–water partition coefficient (Wildman–Crippen LogP) is 1.93. The second-order valence-electron chi connectivity index (χ2n) is 5.02. The van der Waals surface area contributed by atoms with E-state index in [4.69, 9.17) is 10.5 Å². The molecule has 1 atom stereocenters. The van der Waals surface area contributed by atoms with E-state index < -0.39 is 6.10 Å². The first-order valence-electron chi connectivity index (χ1n) is 6.31. The Kier molecular flexibility index (Phi) is 3.45. The van der Waals surface area contributed by atoms with Crippen LogP contribution in [0.15, 0.2) is 12.1 Å². The Morgan fingerprint density at radius 2 is 2.06 bits per heavy atom.